The largest absolute Gasteiger partial charge is 0.384 e. The Morgan fingerprint density at radius 2 is 1.76 bits per heavy atom. The first kappa shape index (κ1) is 11.5. The molecule has 0 saturated carbocycles. The van der Waals surface area contributed by atoms with Crippen LogP contribution in [0.15, 0.2) is 30.3 Å². The summed E-state index contributed by atoms with van der Waals surface area (Å²) in [5.74, 6) is 0.970. The number of nitrogens with two attached hydrogens (primary N) is 1. The predicted molar refractivity (Wildman–Crippen MR) is 65.9 cm³/mol. The van der Waals surface area contributed by atoms with Crippen LogP contribution in [0.1, 0.15) is 25.5 Å². The highest BCUT2D eigenvalue weighted by molar-refractivity contribution is 5.56. The van der Waals surface area contributed by atoms with Gasteiger partial charge in [0.1, 0.15) is 11.6 Å². The van der Waals surface area contributed by atoms with Gasteiger partial charge in [-0.05, 0) is 30.2 Å². The number of rotatable bonds is 2. The van der Waals surface area contributed by atoms with Crippen LogP contribution in [-0.2, 0) is 0 Å². The molecule has 1 aromatic carbocycles. The summed E-state index contributed by atoms with van der Waals surface area (Å²) in [4.78, 5) is 8.58. The Bertz CT molecular complexity index is 521. The highest BCUT2D eigenvalue weighted by atomic mass is 19.1. The molecule has 2 aromatic rings. The molecule has 0 atom stereocenters. The van der Waals surface area contributed by atoms with Gasteiger partial charge in [0.25, 0.3) is 0 Å². The smallest absolute Gasteiger partial charge is 0.161 e. The molecule has 0 spiro atoms. The molecular formula is C13H14FN3. The lowest BCUT2D eigenvalue weighted by Gasteiger charge is -2.08. The second-order valence-corrected chi connectivity index (χ2v) is 4.20. The molecule has 0 aliphatic rings. The number of hydrogen-bond acceptors (Lipinski definition) is 3. The highest BCUT2D eigenvalue weighted by Crippen LogP contribution is 2.20. The van der Waals surface area contributed by atoms with Gasteiger partial charge in [0.15, 0.2) is 5.82 Å². The Morgan fingerprint density at radius 3 is 2.35 bits per heavy atom. The Hall–Kier alpha value is -1.97. The molecule has 0 saturated heterocycles. The molecule has 0 unspecified atom stereocenters. The van der Waals surface area contributed by atoms with E-state index in [1.807, 2.05) is 13.8 Å². The van der Waals surface area contributed by atoms with Crippen LogP contribution < -0.4 is 5.73 Å². The molecule has 0 radical (unpaired) electrons. The van der Waals surface area contributed by atoms with Gasteiger partial charge in [-0.15, -0.1) is 0 Å². The Morgan fingerprint density at radius 1 is 1.12 bits per heavy atom. The van der Waals surface area contributed by atoms with Gasteiger partial charge < -0.3 is 5.73 Å². The van der Waals surface area contributed by atoms with Crippen molar-refractivity contribution in [3.05, 3.63) is 41.8 Å². The van der Waals surface area contributed by atoms with Crippen molar-refractivity contribution < 1.29 is 4.39 Å². The SMILES string of the molecule is CC(C)c1cc(N)nc(-c2ccc(F)cc2)n1. The fraction of sp³-hybridized carbons (Fsp3) is 0.231. The monoisotopic (exact) mass is 231 g/mol. The predicted octanol–water partition coefficient (Wildman–Crippen LogP) is 2.99. The molecule has 0 bridgehead atoms. The van der Waals surface area contributed by atoms with E-state index >= 15 is 0 Å². The molecular weight excluding hydrogens is 217 g/mol. The molecule has 0 aliphatic carbocycles. The van der Waals surface area contributed by atoms with Crippen molar-refractivity contribution in [1.82, 2.24) is 9.97 Å². The van der Waals surface area contributed by atoms with E-state index in [1.165, 1.54) is 12.1 Å². The van der Waals surface area contributed by atoms with Crippen LogP contribution in [0, 0.1) is 5.82 Å². The third-order valence-electron chi connectivity index (χ3n) is 2.46. The van der Waals surface area contributed by atoms with Gasteiger partial charge in [-0.25, -0.2) is 14.4 Å². The first-order valence-electron chi connectivity index (χ1n) is 5.46. The molecule has 0 amide bonds. The zero-order valence-corrected chi connectivity index (χ0v) is 9.81. The van der Waals surface area contributed by atoms with Crippen LogP contribution in [0.25, 0.3) is 11.4 Å². The van der Waals surface area contributed by atoms with Gasteiger partial charge in [-0.2, -0.15) is 0 Å². The van der Waals surface area contributed by atoms with Gasteiger partial charge in [0, 0.05) is 17.3 Å². The van der Waals surface area contributed by atoms with Crippen LogP contribution in [0.2, 0.25) is 0 Å². The first-order valence-corrected chi connectivity index (χ1v) is 5.46. The van der Waals surface area contributed by atoms with E-state index in [0.29, 0.717) is 11.6 Å². The van der Waals surface area contributed by atoms with Crippen molar-refractivity contribution in [2.45, 2.75) is 19.8 Å². The summed E-state index contributed by atoms with van der Waals surface area (Å²) in [6, 6.07) is 7.83. The molecule has 3 nitrogen and oxygen atoms in total. The number of aromatic nitrogens is 2. The Balaban J connectivity index is 2.48. The number of anilines is 1. The van der Waals surface area contributed by atoms with Crippen molar-refractivity contribution >= 4 is 5.82 Å². The maximum Gasteiger partial charge on any atom is 0.161 e. The van der Waals surface area contributed by atoms with E-state index in [-0.39, 0.29) is 11.7 Å². The van der Waals surface area contributed by atoms with E-state index < -0.39 is 0 Å². The molecule has 17 heavy (non-hydrogen) atoms. The Kier molecular flexibility index (Phi) is 3.04. The second kappa shape index (κ2) is 4.49. The van der Waals surface area contributed by atoms with Crippen molar-refractivity contribution in [2.75, 3.05) is 5.73 Å². The van der Waals surface area contributed by atoms with Crippen molar-refractivity contribution in [3.8, 4) is 11.4 Å². The molecule has 1 aromatic heterocycles. The minimum atomic E-state index is -0.276. The van der Waals surface area contributed by atoms with Crippen molar-refractivity contribution in [1.29, 1.82) is 0 Å². The van der Waals surface area contributed by atoms with Crippen molar-refractivity contribution in [3.63, 3.8) is 0 Å². The maximum atomic E-state index is 12.8. The number of nitrogens with zero attached hydrogens (tertiary/aromatic N) is 2. The average molecular weight is 231 g/mol. The first-order chi connectivity index (χ1) is 8.06. The lowest BCUT2D eigenvalue weighted by atomic mass is 10.1. The average Bonchev–Trinajstić information content (AvgIpc) is 2.29. The minimum Gasteiger partial charge on any atom is -0.384 e. The lowest BCUT2D eigenvalue weighted by Crippen LogP contribution is -2.01. The van der Waals surface area contributed by atoms with Gasteiger partial charge in [-0.1, -0.05) is 13.8 Å². The molecule has 2 rings (SSSR count). The van der Waals surface area contributed by atoms with Gasteiger partial charge in [0.2, 0.25) is 0 Å². The molecule has 4 heteroatoms. The molecule has 88 valence electrons. The number of hydrogen-bond donors (Lipinski definition) is 1. The number of halogens is 1. The number of benzene rings is 1. The molecule has 2 N–H and O–H groups in total. The van der Waals surface area contributed by atoms with E-state index in [9.17, 15) is 4.39 Å². The van der Waals surface area contributed by atoms with Crippen molar-refractivity contribution in [2.24, 2.45) is 0 Å². The topological polar surface area (TPSA) is 51.8 Å². The zero-order valence-electron chi connectivity index (χ0n) is 9.81. The van der Waals surface area contributed by atoms with Gasteiger partial charge >= 0.3 is 0 Å². The number of nitrogen functional groups attached to an aromatic ring is 1. The fourth-order valence-electron chi connectivity index (χ4n) is 1.51. The summed E-state index contributed by atoms with van der Waals surface area (Å²) in [6.07, 6.45) is 0. The lowest BCUT2D eigenvalue weighted by molar-refractivity contribution is 0.628. The van der Waals surface area contributed by atoms with E-state index in [1.54, 1.807) is 18.2 Å². The van der Waals surface area contributed by atoms with E-state index in [4.69, 9.17) is 5.73 Å². The summed E-state index contributed by atoms with van der Waals surface area (Å²) >= 11 is 0. The van der Waals surface area contributed by atoms with Crippen LogP contribution >= 0.6 is 0 Å². The van der Waals surface area contributed by atoms with Gasteiger partial charge in [0.05, 0.1) is 0 Å². The summed E-state index contributed by atoms with van der Waals surface area (Å²) in [7, 11) is 0. The quantitative estimate of drug-likeness (QED) is 0.864. The van der Waals surface area contributed by atoms with E-state index in [0.717, 1.165) is 11.3 Å². The fourth-order valence-corrected chi connectivity index (χ4v) is 1.51. The summed E-state index contributed by atoms with van der Waals surface area (Å²) in [5, 5.41) is 0. The highest BCUT2D eigenvalue weighted by Gasteiger charge is 2.08. The third kappa shape index (κ3) is 2.58. The second-order valence-electron chi connectivity index (χ2n) is 4.20. The van der Waals surface area contributed by atoms with Crippen LogP contribution in [0.4, 0.5) is 10.2 Å². The van der Waals surface area contributed by atoms with Crippen LogP contribution in [0.3, 0.4) is 0 Å². The standard InChI is InChI=1S/C13H14FN3/c1-8(2)11-7-12(15)17-13(16-11)9-3-5-10(14)6-4-9/h3-8H,1-2H3,(H2,15,16,17). The Labute approximate surface area is 99.5 Å². The molecule has 0 fully saturated rings. The van der Waals surface area contributed by atoms with Crippen LogP contribution in [-0.4, -0.2) is 9.97 Å². The molecule has 1 heterocycles. The van der Waals surface area contributed by atoms with Gasteiger partial charge in [-0.3, -0.25) is 0 Å². The zero-order chi connectivity index (χ0) is 12.4. The van der Waals surface area contributed by atoms with Crippen LogP contribution in [0.5, 0.6) is 0 Å². The molecule has 0 aliphatic heterocycles. The maximum absolute atomic E-state index is 12.8. The summed E-state index contributed by atoms with van der Waals surface area (Å²) in [6.45, 7) is 4.08. The summed E-state index contributed by atoms with van der Waals surface area (Å²) in [5.41, 5.74) is 7.39. The summed E-state index contributed by atoms with van der Waals surface area (Å²) < 4.78 is 12.8. The minimum absolute atomic E-state index is 0.276. The normalized spacial score (nSPS) is 10.8. The third-order valence-corrected chi connectivity index (χ3v) is 2.46. The van der Waals surface area contributed by atoms with E-state index in [2.05, 4.69) is 9.97 Å².